The van der Waals surface area contributed by atoms with Gasteiger partial charge in [-0.2, -0.15) is 5.26 Å². The second-order valence-corrected chi connectivity index (χ2v) is 3.96. The maximum atomic E-state index is 12.2. The standard InChI is InChI=1S/C14H11N3O2/c1-17(12-4-2-10(9-15)3-5-12)14(19)11-6-7-16-13(18)8-11/h2-8H,1H3,(H,16,18). The summed E-state index contributed by atoms with van der Waals surface area (Å²) < 4.78 is 0. The molecule has 2 aromatic rings. The number of pyridine rings is 1. The molecule has 0 saturated heterocycles. The minimum atomic E-state index is -0.320. The highest BCUT2D eigenvalue weighted by Gasteiger charge is 2.13. The number of nitriles is 1. The van der Waals surface area contributed by atoms with Crippen LogP contribution in [0.4, 0.5) is 5.69 Å². The van der Waals surface area contributed by atoms with Crippen LogP contribution >= 0.6 is 0 Å². The van der Waals surface area contributed by atoms with Crippen molar-refractivity contribution in [2.24, 2.45) is 0 Å². The maximum absolute atomic E-state index is 12.2. The normalized spacial score (nSPS) is 9.68. The molecular formula is C14H11N3O2. The zero-order valence-corrected chi connectivity index (χ0v) is 10.3. The number of aromatic amines is 1. The minimum absolute atomic E-state index is 0.282. The molecule has 94 valence electrons. The van der Waals surface area contributed by atoms with Gasteiger partial charge in [-0.1, -0.05) is 0 Å². The van der Waals surface area contributed by atoms with E-state index in [4.69, 9.17) is 5.26 Å². The Morgan fingerprint density at radius 1 is 1.26 bits per heavy atom. The van der Waals surface area contributed by atoms with Crippen LogP contribution < -0.4 is 10.5 Å². The largest absolute Gasteiger partial charge is 0.329 e. The molecular weight excluding hydrogens is 242 g/mol. The zero-order valence-electron chi connectivity index (χ0n) is 10.3. The Balaban J connectivity index is 2.28. The van der Waals surface area contributed by atoms with E-state index in [1.807, 2.05) is 6.07 Å². The summed E-state index contributed by atoms with van der Waals surface area (Å²) in [6.07, 6.45) is 1.43. The van der Waals surface area contributed by atoms with E-state index in [9.17, 15) is 9.59 Å². The summed E-state index contributed by atoms with van der Waals surface area (Å²) in [5.74, 6) is -0.282. The van der Waals surface area contributed by atoms with Crippen LogP contribution in [-0.2, 0) is 0 Å². The lowest BCUT2D eigenvalue weighted by molar-refractivity contribution is 0.0993. The number of rotatable bonds is 2. The van der Waals surface area contributed by atoms with Crippen LogP contribution in [0.25, 0.3) is 0 Å². The lowest BCUT2D eigenvalue weighted by atomic mass is 10.2. The first-order valence-corrected chi connectivity index (χ1v) is 5.59. The molecule has 0 spiro atoms. The summed E-state index contributed by atoms with van der Waals surface area (Å²) in [5.41, 5.74) is 1.18. The van der Waals surface area contributed by atoms with E-state index in [1.54, 1.807) is 37.4 Å². The lowest BCUT2D eigenvalue weighted by Crippen LogP contribution is -2.27. The van der Waals surface area contributed by atoms with Gasteiger partial charge in [-0.15, -0.1) is 0 Å². The highest BCUT2D eigenvalue weighted by molar-refractivity contribution is 6.05. The zero-order chi connectivity index (χ0) is 13.8. The van der Waals surface area contributed by atoms with Gasteiger partial charge in [0.25, 0.3) is 5.91 Å². The monoisotopic (exact) mass is 253 g/mol. The number of carbonyl (C=O) groups excluding carboxylic acids is 1. The minimum Gasteiger partial charge on any atom is -0.329 e. The van der Waals surface area contributed by atoms with Crippen LogP contribution in [0.1, 0.15) is 15.9 Å². The molecule has 5 nitrogen and oxygen atoms in total. The van der Waals surface area contributed by atoms with Gasteiger partial charge in [0.05, 0.1) is 11.6 Å². The van der Waals surface area contributed by atoms with Gasteiger partial charge in [0.1, 0.15) is 0 Å². The number of carbonyl (C=O) groups is 1. The molecule has 0 saturated carbocycles. The predicted octanol–water partition coefficient (Wildman–Crippen LogP) is 1.52. The molecule has 0 aliphatic rings. The van der Waals surface area contributed by atoms with Crippen molar-refractivity contribution < 1.29 is 4.79 Å². The highest BCUT2D eigenvalue weighted by Crippen LogP contribution is 2.15. The topological polar surface area (TPSA) is 77.0 Å². The van der Waals surface area contributed by atoms with Crippen molar-refractivity contribution in [1.82, 2.24) is 4.98 Å². The first-order chi connectivity index (χ1) is 9.11. The fraction of sp³-hybridized carbons (Fsp3) is 0.0714. The Morgan fingerprint density at radius 2 is 1.95 bits per heavy atom. The van der Waals surface area contributed by atoms with E-state index in [0.717, 1.165) is 0 Å². The molecule has 1 amide bonds. The second kappa shape index (κ2) is 5.19. The van der Waals surface area contributed by atoms with Gasteiger partial charge in [-0.3, -0.25) is 9.59 Å². The summed E-state index contributed by atoms with van der Waals surface area (Å²) in [6, 6.07) is 11.5. The number of amides is 1. The molecule has 0 unspecified atom stereocenters. The van der Waals surface area contributed by atoms with E-state index in [-0.39, 0.29) is 11.5 Å². The number of nitrogens with one attached hydrogen (secondary N) is 1. The quantitative estimate of drug-likeness (QED) is 0.881. The summed E-state index contributed by atoms with van der Waals surface area (Å²) in [5, 5.41) is 8.72. The number of anilines is 1. The SMILES string of the molecule is CN(C(=O)c1cc[nH]c(=O)c1)c1ccc(C#N)cc1. The third-order valence-electron chi connectivity index (χ3n) is 2.71. The van der Waals surface area contributed by atoms with Crippen LogP contribution in [0.2, 0.25) is 0 Å². The van der Waals surface area contributed by atoms with Crippen LogP contribution in [-0.4, -0.2) is 17.9 Å². The molecule has 1 N–H and O–H groups in total. The van der Waals surface area contributed by atoms with Gasteiger partial charge in [-0.05, 0) is 30.3 Å². The van der Waals surface area contributed by atoms with Gasteiger partial charge >= 0.3 is 0 Å². The Bertz CT molecular complexity index is 696. The Hall–Kier alpha value is -2.87. The summed E-state index contributed by atoms with van der Waals surface area (Å²) in [4.78, 5) is 27.2. The second-order valence-electron chi connectivity index (χ2n) is 3.96. The van der Waals surface area contributed by atoms with Crippen LogP contribution in [0.3, 0.4) is 0 Å². The summed E-state index contributed by atoms with van der Waals surface area (Å²) >= 11 is 0. The van der Waals surface area contributed by atoms with Crippen molar-refractivity contribution in [3.63, 3.8) is 0 Å². The van der Waals surface area contributed by atoms with Crippen molar-refractivity contribution in [3.05, 3.63) is 64.1 Å². The number of benzene rings is 1. The van der Waals surface area contributed by atoms with Crippen LogP contribution in [0, 0.1) is 11.3 Å². The first-order valence-electron chi connectivity index (χ1n) is 5.59. The van der Waals surface area contributed by atoms with Crippen molar-refractivity contribution in [1.29, 1.82) is 5.26 Å². The van der Waals surface area contributed by atoms with E-state index >= 15 is 0 Å². The van der Waals surface area contributed by atoms with E-state index < -0.39 is 0 Å². The average molecular weight is 253 g/mol. The average Bonchev–Trinajstić information content (AvgIpc) is 2.46. The van der Waals surface area contributed by atoms with Gasteiger partial charge in [0.15, 0.2) is 0 Å². The molecule has 19 heavy (non-hydrogen) atoms. The van der Waals surface area contributed by atoms with Crippen molar-refractivity contribution in [3.8, 4) is 6.07 Å². The molecule has 0 fully saturated rings. The van der Waals surface area contributed by atoms with Gasteiger partial charge < -0.3 is 9.88 Å². The third kappa shape index (κ3) is 2.69. The number of hydrogen-bond acceptors (Lipinski definition) is 3. The molecule has 1 aromatic heterocycles. The van der Waals surface area contributed by atoms with Crippen molar-refractivity contribution in [2.45, 2.75) is 0 Å². The molecule has 0 aliphatic heterocycles. The Morgan fingerprint density at radius 3 is 2.53 bits per heavy atom. The Kier molecular flexibility index (Phi) is 3.44. The number of H-pyrrole nitrogens is 1. The van der Waals surface area contributed by atoms with E-state index in [1.165, 1.54) is 17.2 Å². The first kappa shape index (κ1) is 12.6. The van der Waals surface area contributed by atoms with Gasteiger partial charge in [0.2, 0.25) is 5.56 Å². The smallest absolute Gasteiger partial charge is 0.258 e. The molecule has 0 bridgehead atoms. The molecule has 1 heterocycles. The van der Waals surface area contributed by atoms with E-state index in [0.29, 0.717) is 16.8 Å². The highest BCUT2D eigenvalue weighted by atomic mass is 16.2. The van der Waals surface area contributed by atoms with Crippen molar-refractivity contribution in [2.75, 3.05) is 11.9 Å². The molecule has 5 heteroatoms. The molecule has 0 radical (unpaired) electrons. The fourth-order valence-corrected chi connectivity index (χ4v) is 1.65. The van der Waals surface area contributed by atoms with Crippen LogP contribution in [0.5, 0.6) is 0 Å². The van der Waals surface area contributed by atoms with Crippen molar-refractivity contribution >= 4 is 11.6 Å². The summed E-state index contributed by atoms with van der Waals surface area (Å²) in [6.45, 7) is 0. The fourth-order valence-electron chi connectivity index (χ4n) is 1.65. The lowest BCUT2D eigenvalue weighted by Gasteiger charge is -2.17. The molecule has 1 aromatic carbocycles. The molecule has 2 rings (SSSR count). The third-order valence-corrected chi connectivity index (χ3v) is 2.71. The predicted molar refractivity (Wildman–Crippen MR) is 71.0 cm³/mol. The molecule has 0 atom stereocenters. The summed E-state index contributed by atoms with van der Waals surface area (Å²) in [7, 11) is 1.62. The van der Waals surface area contributed by atoms with Crippen LogP contribution in [0.15, 0.2) is 47.4 Å². The molecule has 0 aliphatic carbocycles. The van der Waals surface area contributed by atoms with Gasteiger partial charge in [-0.25, -0.2) is 0 Å². The number of hydrogen-bond donors (Lipinski definition) is 1. The number of nitrogens with zero attached hydrogens (tertiary/aromatic N) is 2. The maximum Gasteiger partial charge on any atom is 0.258 e. The Labute approximate surface area is 109 Å². The van der Waals surface area contributed by atoms with E-state index in [2.05, 4.69) is 4.98 Å². The number of aromatic nitrogens is 1. The van der Waals surface area contributed by atoms with Gasteiger partial charge in [0, 0.05) is 30.6 Å².